The summed E-state index contributed by atoms with van der Waals surface area (Å²) in [6.45, 7) is 6.10. The largest absolute Gasteiger partial charge is 0.668 e. The first-order valence-corrected chi connectivity index (χ1v) is 11.8. The van der Waals surface area contributed by atoms with Gasteiger partial charge in [-0.3, -0.25) is 0 Å². The Morgan fingerprint density at radius 3 is 2.35 bits per heavy atom. The van der Waals surface area contributed by atoms with E-state index >= 15 is 0 Å². The van der Waals surface area contributed by atoms with E-state index in [0.717, 1.165) is 12.5 Å². The number of rotatable bonds is 8. The second-order valence-electron chi connectivity index (χ2n) is 8.43. The van der Waals surface area contributed by atoms with Crippen LogP contribution < -0.4 is 4.74 Å². The second-order valence-corrected chi connectivity index (χ2v) is 9.47. The summed E-state index contributed by atoms with van der Waals surface area (Å²) in [6, 6.07) is 8.11. The predicted molar refractivity (Wildman–Crippen MR) is 124 cm³/mol. The molecule has 0 unspecified atom stereocenters. The standard InChI is InChI=1S/C22H27F3NO3S.C2H6O.Y/c1-20(2)28-14-21(26,15-29-20)10-9-16-7-8-19(18(13-16)22(23,24)25)27-11-3-5-17-6-4-12-30-17;1-2-3;/h4,6-8,12-13,26H,3,5,9-11,14-15H2,1-2H3;3H,2H2,1H3;/q-1;;. The molecule has 2 aromatic rings. The summed E-state index contributed by atoms with van der Waals surface area (Å²) in [5, 5.41) is 9.55. The van der Waals surface area contributed by atoms with Gasteiger partial charge in [-0.25, -0.2) is 0 Å². The number of hydrogen-bond acceptors (Lipinski definition) is 5. The van der Waals surface area contributed by atoms with Crippen LogP contribution in [0, 0.1) is 0 Å². The minimum atomic E-state index is -4.50. The third-order valence-corrected chi connectivity index (χ3v) is 5.98. The van der Waals surface area contributed by atoms with Crippen molar-refractivity contribution in [3.63, 3.8) is 0 Å². The third kappa shape index (κ3) is 10.6. The van der Waals surface area contributed by atoms with Crippen LogP contribution >= 0.6 is 11.3 Å². The van der Waals surface area contributed by atoms with Gasteiger partial charge in [-0.15, -0.1) is 11.3 Å². The molecule has 2 N–H and O–H groups in total. The van der Waals surface area contributed by atoms with Gasteiger partial charge >= 0.3 is 6.18 Å². The quantitative estimate of drug-likeness (QED) is 0.375. The molecule has 3 rings (SSSR count). The molecule has 189 valence electrons. The van der Waals surface area contributed by atoms with Gasteiger partial charge in [0.05, 0.1) is 12.2 Å². The maximum atomic E-state index is 13.6. The van der Waals surface area contributed by atoms with Crippen LogP contribution in [0.15, 0.2) is 35.7 Å². The molecule has 0 aliphatic carbocycles. The first kappa shape index (κ1) is 31.5. The predicted octanol–water partition coefficient (Wildman–Crippen LogP) is 6.28. The minimum Gasteiger partial charge on any atom is -0.668 e. The summed E-state index contributed by atoms with van der Waals surface area (Å²) in [6.07, 6.45) is -2.39. The summed E-state index contributed by atoms with van der Waals surface area (Å²) in [4.78, 5) is 1.19. The number of hydrogen-bond donors (Lipinski definition) is 1. The number of thiophene rings is 1. The average molecular weight is 577 g/mol. The van der Waals surface area contributed by atoms with E-state index in [4.69, 9.17) is 25.1 Å². The number of aliphatic hydroxyl groups is 1. The molecule has 0 atom stereocenters. The number of ether oxygens (including phenoxy) is 3. The Balaban J connectivity index is 0.00000137. The molecule has 0 saturated carbocycles. The third-order valence-electron chi connectivity index (χ3n) is 5.04. The number of halogens is 3. The van der Waals surface area contributed by atoms with Crippen LogP contribution in [0.5, 0.6) is 5.75 Å². The molecular formula is C24H33F3NO4SY-. The Bertz CT molecular complexity index is 837. The average Bonchev–Trinajstić information content (AvgIpc) is 3.26. The molecule has 10 heteroatoms. The number of aliphatic hydroxyl groups excluding tert-OH is 1. The molecule has 0 spiro atoms. The summed E-state index contributed by atoms with van der Waals surface area (Å²) in [5.41, 5.74) is 7.22. The van der Waals surface area contributed by atoms with Gasteiger partial charge in [0.1, 0.15) is 5.75 Å². The molecule has 2 heterocycles. The molecule has 34 heavy (non-hydrogen) atoms. The molecule has 1 aliphatic heterocycles. The number of benzene rings is 1. The molecule has 0 amide bonds. The van der Waals surface area contributed by atoms with E-state index in [1.165, 1.54) is 10.9 Å². The zero-order chi connectivity index (χ0) is 24.5. The van der Waals surface area contributed by atoms with Gasteiger partial charge in [-0.05, 0) is 69.2 Å². The molecule has 1 saturated heterocycles. The number of nitrogens with one attached hydrogen (secondary N) is 1. The Hall–Kier alpha value is -0.546. The SMILES string of the molecule is CC1(C)OCC([NH-])(CCc2ccc(OCCCc3cccs3)c(C(F)(F)F)c2)CO1.CCO.[Y]. The van der Waals surface area contributed by atoms with Gasteiger partial charge in [0.25, 0.3) is 0 Å². The van der Waals surface area contributed by atoms with Crippen molar-refractivity contribution in [1.29, 1.82) is 0 Å². The number of alkyl halides is 3. The van der Waals surface area contributed by atoms with Crippen LogP contribution in [0.3, 0.4) is 0 Å². The topological polar surface area (TPSA) is 71.7 Å². The normalized spacial score (nSPS) is 16.7. The maximum Gasteiger partial charge on any atom is 0.419 e. The van der Waals surface area contributed by atoms with Crippen molar-refractivity contribution >= 4 is 11.3 Å². The van der Waals surface area contributed by atoms with Crippen molar-refractivity contribution < 1.29 is 65.2 Å². The van der Waals surface area contributed by atoms with Gasteiger partial charge < -0.3 is 25.1 Å². The van der Waals surface area contributed by atoms with Crippen molar-refractivity contribution in [3.8, 4) is 5.75 Å². The Morgan fingerprint density at radius 1 is 1.15 bits per heavy atom. The minimum absolute atomic E-state index is 0. The van der Waals surface area contributed by atoms with E-state index in [1.54, 1.807) is 38.2 Å². The van der Waals surface area contributed by atoms with Crippen LogP contribution in [-0.2, 0) is 61.2 Å². The van der Waals surface area contributed by atoms with Gasteiger partial charge in [0.2, 0.25) is 0 Å². The number of aryl methyl sites for hydroxylation is 2. The van der Waals surface area contributed by atoms with Crippen LogP contribution in [0.25, 0.3) is 5.73 Å². The van der Waals surface area contributed by atoms with E-state index < -0.39 is 23.1 Å². The summed E-state index contributed by atoms with van der Waals surface area (Å²) in [5.74, 6) is -0.875. The van der Waals surface area contributed by atoms with Crippen molar-refractivity contribution in [1.82, 2.24) is 0 Å². The second kappa shape index (κ2) is 14.3. The molecule has 1 aliphatic rings. The Kier molecular flexibility index (Phi) is 13.2. The summed E-state index contributed by atoms with van der Waals surface area (Å²) >= 11 is 1.63. The van der Waals surface area contributed by atoms with Gasteiger partial charge in [-0.1, -0.05) is 24.1 Å². The van der Waals surface area contributed by atoms with Crippen molar-refractivity contribution in [3.05, 3.63) is 57.4 Å². The van der Waals surface area contributed by atoms with E-state index in [1.807, 2.05) is 17.5 Å². The van der Waals surface area contributed by atoms with Crippen LogP contribution in [0.4, 0.5) is 13.2 Å². The molecular weight excluding hydrogens is 544 g/mol. The van der Waals surface area contributed by atoms with Gasteiger partial charge in [-0.2, -0.15) is 13.2 Å². The van der Waals surface area contributed by atoms with Crippen molar-refractivity contribution in [2.45, 2.75) is 64.0 Å². The maximum absolute atomic E-state index is 13.6. The van der Waals surface area contributed by atoms with E-state index in [2.05, 4.69) is 0 Å². The first-order chi connectivity index (χ1) is 15.5. The molecule has 0 bridgehead atoms. The Labute approximate surface area is 229 Å². The van der Waals surface area contributed by atoms with Crippen molar-refractivity contribution in [2.24, 2.45) is 0 Å². The molecule has 1 radical (unpaired) electrons. The van der Waals surface area contributed by atoms with E-state index in [9.17, 15) is 13.2 Å². The monoisotopic (exact) mass is 577 g/mol. The molecule has 5 nitrogen and oxygen atoms in total. The smallest absolute Gasteiger partial charge is 0.419 e. The van der Waals surface area contributed by atoms with Crippen molar-refractivity contribution in [2.75, 3.05) is 26.4 Å². The Morgan fingerprint density at radius 2 is 1.79 bits per heavy atom. The van der Waals surface area contributed by atoms with Gasteiger partial charge in [0, 0.05) is 57.4 Å². The van der Waals surface area contributed by atoms with Crippen LogP contribution in [0.2, 0.25) is 0 Å². The fraction of sp³-hybridized carbons (Fsp3) is 0.583. The summed E-state index contributed by atoms with van der Waals surface area (Å²) in [7, 11) is 0. The van der Waals surface area contributed by atoms with Gasteiger partial charge in [0.15, 0.2) is 5.79 Å². The fourth-order valence-corrected chi connectivity index (χ4v) is 3.95. The molecule has 1 aromatic carbocycles. The zero-order valence-electron chi connectivity index (χ0n) is 19.9. The molecule has 1 aromatic heterocycles. The van der Waals surface area contributed by atoms with E-state index in [0.29, 0.717) is 24.8 Å². The molecule has 1 fully saturated rings. The van der Waals surface area contributed by atoms with Crippen LogP contribution in [0.1, 0.15) is 49.6 Å². The van der Waals surface area contributed by atoms with Crippen LogP contribution in [-0.4, -0.2) is 42.9 Å². The fourth-order valence-electron chi connectivity index (χ4n) is 3.20. The first-order valence-electron chi connectivity index (χ1n) is 11.0. The zero-order valence-corrected chi connectivity index (χ0v) is 23.6. The van der Waals surface area contributed by atoms with E-state index in [-0.39, 0.29) is 64.9 Å². The summed E-state index contributed by atoms with van der Waals surface area (Å²) < 4.78 is 57.2.